The van der Waals surface area contributed by atoms with E-state index in [0.717, 1.165) is 6.42 Å². The highest BCUT2D eigenvalue weighted by atomic mass is 127. The van der Waals surface area contributed by atoms with Crippen LogP contribution in [0.4, 0.5) is 0 Å². The Morgan fingerprint density at radius 3 is 2.39 bits per heavy atom. The number of aryl methyl sites for hydroxylation is 1. The summed E-state index contributed by atoms with van der Waals surface area (Å²) in [4.78, 5) is 4.19. The van der Waals surface area contributed by atoms with Crippen LogP contribution in [0.1, 0.15) is 31.4 Å². The molecule has 2 N–H and O–H groups in total. The summed E-state index contributed by atoms with van der Waals surface area (Å²) in [5.41, 5.74) is 2.56. The van der Waals surface area contributed by atoms with Crippen LogP contribution in [-0.2, 0) is 22.8 Å². The Morgan fingerprint density at radius 2 is 1.87 bits per heavy atom. The molecule has 0 saturated carbocycles. The second-order valence-electron chi connectivity index (χ2n) is 5.51. The Bertz CT molecular complexity index is 603. The lowest BCUT2D eigenvalue weighted by molar-refractivity contribution is 0.581. The summed E-state index contributed by atoms with van der Waals surface area (Å²) >= 11 is 0. The first-order chi connectivity index (χ1) is 10.4. The number of rotatable bonds is 7. The highest BCUT2D eigenvalue weighted by Gasteiger charge is 2.09. The Kier molecular flexibility index (Phi) is 10.5. The second kappa shape index (κ2) is 10.9. The number of nitrogens with one attached hydrogen (secondary N) is 2. The predicted octanol–water partition coefficient (Wildman–Crippen LogP) is 2.36. The molecule has 1 unspecified atom stereocenters. The zero-order valence-corrected chi connectivity index (χ0v) is 17.4. The molecule has 1 atom stereocenters. The first-order valence-electron chi connectivity index (χ1n) is 7.57. The fraction of sp³-hybridized carbons (Fsp3) is 0.562. The van der Waals surface area contributed by atoms with E-state index in [0.29, 0.717) is 18.9 Å². The van der Waals surface area contributed by atoms with Gasteiger partial charge in [0.2, 0.25) is 0 Å². The number of guanidine groups is 1. The molecule has 0 amide bonds. The highest BCUT2D eigenvalue weighted by molar-refractivity contribution is 14.0. The average Bonchev–Trinajstić information content (AvgIpc) is 2.49. The third-order valence-electron chi connectivity index (χ3n) is 3.47. The van der Waals surface area contributed by atoms with E-state index in [9.17, 15) is 8.42 Å². The Labute approximate surface area is 157 Å². The fourth-order valence-corrected chi connectivity index (χ4v) is 2.93. The second-order valence-corrected chi connectivity index (χ2v) is 7.77. The van der Waals surface area contributed by atoms with Crippen molar-refractivity contribution in [2.24, 2.45) is 4.99 Å². The highest BCUT2D eigenvalue weighted by Crippen LogP contribution is 2.08. The van der Waals surface area contributed by atoms with Crippen LogP contribution >= 0.6 is 24.0 Å². The van der Waals surface area contributed by atoms with Crippen molar-refractivity contribution >= 4 is 39.8 Å². The number of hydrogen-bond acceptors (Lipinski definition) is 3. The lowest BCUT2D eigenvalue weighted by Gasteiger charge is -2.18. The maximum atomic E-state index is 11.2. The van der Waals surface area contributed by atoms with Crippen LogP contribution in [0.5, 0.6) is 0 Å². The molecule has 23 heavy (non-hydrogen) atoms. The van der Waals surface area contributed by atoms with E-state index in [1.807, 2.05) is 19.1 Å². The van der Waals surface area contributed by atoms with E-state index >= 15 is 0 Å². The van der Waals surface area contributed by atoms with Gasteiger partial charge in [0.15, 0.2) is 5.96 Å². The molecule has 7 heteroatoms. The summed E-state index contributed by atoms with van der Waals surface area (Å²) < 4.78 is 22.4. The Hall–Kier alpha value is -0.830. The van der Waals surface area contributed by atoms with Gasteiger partial charge in [-0.1, -0.05) is 31.2 Å². The van der Waals surface area contributed by atoms with Crippen molar-refractivity contribution in [1.29, 1.82) is 0 Å². The molecular formula is C16H28IN3O2S. The third-order valence-corrected chi connectivity index (χ3v) is 4.45. The van der Waals surface area contributed by atoms with Gasteiger partial charge in [0.1, 0.15) is 9.84 Å². The van der Waals surface area contributed by atoms with Crippen LogP contribution < -0.4 is 10.6 Å². The number of hydrogen-bond donors (Lipinski definition) is 2. The van der Waals surface area contributed by atoms with E-state index in [2.05, 4.69) is 34.7 Å². The summed E-state index contributed by atoms with van der Waals surface area (Å²) in [6.07, 6.45) is 2.81. The molecule has 1 aromatic rings. The van der Waals surface area contributed by atoms with Gasteiger partial charge in [-0.05, 0) is 30.9 Å². The summed E-state index contributed by atoms with van der Waals surface area (Å²) in [5.74, 6) is 0.864. The molecule has 0 aromatic heterocycles. The van der Waals surface area contributed by atoms with Crippen molar-refractivity contribution in [3.8, 4) is 0 Å². The maximum Gasteiger partial charge on any atom is 0.191 e. The van der Waals surface area contributed by atoms with Crippen molar-refractivity contribution in [3.05, 3.63) is 35.4 Å². The quantitative estimate of drug-likeness (QED) is 0.378. The normalized spacial score (nSPS) is 13.1. The molecule has 0 spiro atoms. The van der Waals surface area contributed by atoms with Crippen molar-refractivity contribution in [2.45, 2.75) is 39.3 Å². The van der Waals surface area contributed by atoms with Crippen molar-refractivity contribution in [2.75, 3.05) is 19.1 Å². The standard InChI is InChI=1S/C16H27N3O2S.HI/c1-5-14-8-6-7-9-15(14)12-18-16(17-3)19-13(2)10-11-22(4,20)21;/h6-9,13H,5,10-12H2,1-4H3,(H2,17,18,19);1H. The van der Waals surface area contributed by atoms with Gasteiger partial charge in [0, 0.05) is 25.9 Å². The van der Waals surface area contributed by atoms with Crippen LogP contribution in [0.3, 0.4) is 0 Å². The van der Waals surface area contributed by atoms with E-state index in [1.54, 1.807) is 7.05 Å². The zero-order valence-electron chi connectivity index (χ0n) is 14.3. The first-order valence-corrected chi connectivity index (χ1v) is 9.63. The van der Waals surface area contributed by atoms with E-state index < -0.39 is 9.84 Å². The lowest BCUT2D eigenvalue weighted by Crippen LogP contribution is -2.42. The van der Waals surface area contributed by atoms with Crippen molar-refractivity contribution in [3.63, 3.8) is 0 Å². The van der Waals surface area contributed by atoms with E-state index in [1.165, 1.54) is 17.4 Å². The van der Waals surface area contributed by atoms with Crippen LogP contribution in [0.2, 0.25) is 0 Å². The van der Waals surface area contributed by atoms with Gasteiger partial charge in [0.05, 0.1) is 5.75 Å². The minimum Gasteiger partial charge on any atom is -0.354 e. The summed E-state index contributed by atoms with van der Waals surface area (Å²) in [6.45, 7) is 4.79. The molecule has 0 fully saturated rings. The summed E-state index contributed by atoms with van der Waals surface area (Å²) in [5, 5.41) is 6.50. The molecule has 0 aliphatic carbocycles. The number of aliphatic imine (C=N–C) groups is 1. The molecule has 132 valence electrons. The van der Waals surface area contributed by atoms with Crippen LogP contribution in [0.25, 0.3) is 0 Å². The van der Waals surface area contributed by atoms with Gasteiger partial charge >= 0.3 is 0 Å². The molecule has 1 aromatic carbocycles. The van der Waals surface area contributed by atoms with E-state index in [-0.39, 0.29) is 35.8 Å². The minimum absolute atomic E-state index is 0. The monoisotopic (exact) mass is 453 g/mol. The molecular weight excluding hydrogens is 425 g/mol. The van der Waals surface area contributed by atoms with Crippen molar-refractivity contribution in [1.82, 2.24) is 10.6 Å². The van der Waals surface area contributed by atoms with Crippen LogP contribution in [0, 0.1) is 0 Å². The fourth-order valence-electron chi connectivity index (χ4n) is 2.14. The molecule has 0 aliphatic heterocycles. The smallest absolute Gasteiger partial charge is 0.191 e. The van der Waals surface area contributed by atoms with Gasteiger partial charge in [-0.2, -0.15) is 0 Å². The maximum absolute atomic E-state index is 11.2. The average molecular weight is 453 g/mol. The molecule has 0 heterocycles. The molecule has 0 radical (unpaired) electrons. The van der Waals surface area contributed by atoms with Crippen LogP contribution in [0.15, 0.2) is 29.3 Å². The SMILES string of the molecule is CCc1ccccc1CNC(=NC)NC(C)CCS(C)(=O)=O.I. The third kappa shape index (κ3) is 9.14. The number of sulfone groups is 1. The summed E-state index contributed by atoms with van der Waals surface area (Å²) in [6, 6.07) is 8.35. The number of benzene rings is 1. The number of halogens is 1. The molecule has 1 rings (SSSR count). The molecule has 0 saturated heterocycles. The molecule has 0 aliphatic rings. The predicted molar refractivity (Wildman–Crippen MR) is 108 cm³/mol. The largest absolute Gasteiger partial charge is 0.354 e. The van der Waals surface area contributed by atoms with Crippen LogP contribution in [-0.4, -0.2) is 39.5 Å². The Morgan fingerprint density at radius 1 is 1.26 bits per heavy atom. The van der Waals surface area contributed by atoms with Gasteiger partial charge < -0.3 is 10.6 Å². The Balaban J connectivity index is 0.00000484. The number of nitrogens with zero attached hydrogens (tertiary/aromatic N) is 1. The zero-order chi connectivity index (χ0) is 16.6. The van der Waals surface area contributed by atoms with E-state index in [4.69, 9.17) is 0 Å². The van der Waals surface area contributed by atoms with Gasteiger partial charge in [-0.25, -0.2) is 8.42 Å². The molecule has 0 bridgehead atoms. The lowest BCUT2D eigenvalue weighted by atomic mass is 10.1. The van der Waals surface area contributed by atoms with Crippen molar-refractivity contribution < 1.29 is 8.42 Å². The first kappa shape index (κ1) is 22.2. The molecule has 5 nitrogen and oxygen atoms in total. The van der Waals surface area contributed by atoms with Gasteiger partial charge in [-0.3, -0.25) is 4.99 Å². The topological polar surface area (TPSA) is 70.6 Å². The summed E-state index contributed by atoms with van der Waals surface area (Å²) in [7, 11) is -1.21. The van der Waals surface area contributed by atoms with Gasteiger partial charge in [-0.15, -0.1) is 24.0 Å². The van der Waals surface area contributed by atoms with Gasteiger partial charge in [0.25, 0.3) is 0 Å². The minimum atomic E-state index is -2.93.